The summed E-state index contributed by atoms with van der Waals surface area (Å²) in [6, 6.07) is 3.04. The first kappa shape index (κ1) is 13.6. The zero-order valence-electron chi connectivity index (χ0n) is 10.8. The number of halogens is 1. The van der Waals surface area contributed by atoms with Crippen molar-refractivity contribution in [3.8, 4) is 11.5 Å². The lowest BCUT2D eigenvalue weighted by Gasteiger charge is -2.20. The smallest absolute Gasteiger partial charge is 0.272 e. The number of benzene rings is 1. The van der Waals surface area contributed by atoms with E-state index >= 15 is 0 Å². The Morgan fingerprint density at radius 3 is 3.00 bits per heavy atom. The van der Waals surface area contributed by atoms with Gasteiger partial charge in [-0.3, -0.25) is 10.1 Å². The van der Waals surface area contributed by atoms with E-state index in [-0.39, 0.29) is 23.2 Å². The molecule has 1 N–H and O–H groups in total. The van der Waals surface area contributed by atoms with E-state index in [0.717, 1.165) is 6.07 Å². The maximum absolute atomic E-state index is 13.9. The fourth-order valence-corrected chi connectivity index (χ4v) is 2.01. The van der Waals surface area contributed by atoms with Gasteiger partial charge in [-0.2, -0.15) is 4.98 Å². The van der Waals surface area contributed by atoms with Gasteiger partial charge in [-0.25, -0.2) is 4.39 Å². The van der Waals surface area contributed by atoms with Crippen LogP contribution in [0.25, 0.3) is 11.5 Å². The molecule has 8 nitrogen and oxygen atoms in total. The second-order valence-corrected chi connectivity index (χ2v) is 4.46. The molecule has 3 rings (SSSR count). The van der Waals surface area contributed by atoms with E-state index in [0.29, 0.717) is 25.6 Å². The van der Waals surface area contributed by atoms with Crippen molar-refractivity contribution in [2.24, 2.45) is 0 Å². The van der Waals surface area contributed by atoms with Crippen LogP contribution in [-0.2, 0) is 4.74 Å². The highest BCUT2D eigenvalue weighted by atomic mass is 19.1. The maximum Gasteiger partial charge on any atom is 0.272 e. The quantitative estimate of drug-likeness (QED) is 0.674. The van der Waals surface area contributed by atoms with Crippen molar-refractivity contribution in [2.75, 3.05) is 19.8 Å². The predicted molar refractivity (Wildman–Crippen MR) is 67.9 cm³/mol. The lowest BCUT2D eigenvalue weighted by Crippen LogP contribution is -2.35. The number of morpholine rings is 1. The number of ether oxygens (including phenoxy) is 1. The molecule has 0 radical (unpaired) electrons. The molecule has 1 unspecified atom stereocenters. The third-order valence-corrected chi connectivity index (χ3v) is 3.07. The number of nitrogens with zero attached hydrogens (tertiary/aromatic N) is 3. The van der Waals surface area contributed by atoms with E-state index in [4.69, 9.17) is 9.26 Å². The molecule has 0 amide bonds. The molecule has 1 saturated heterocycles. The van der Waals surface area contributed by atoms with Gasteiger partial charge in [0.15, 0.2) is 5.82 Å². The van der Waals surface area contributed by atoms with Crippen LogP contribution in [-0.4, -0.2) is 34.8 Å². The van der Waals surface area contributed by atoms with E-state index in [1.807, 2.05) is 0 Å². The minimum absolute atomic E-state index is 0.0234. The summed E-state index contributed by atoms with van der Waals surface area (Å²) in [6.07, 6.45) is 0. The summed E-state index contributed by atoms with van der Waals surface area (Å²) < 4.78 is 24.2. The third kappa shape index (κ3) is 2.73. The summed E-state index contributed by atoms with van der Waals surface area (Å²) in [6.45, 7) is 1.68. The van der Waals surface area contributed by atoms with Gasteiger partial charge in [0.1, 0.15) is 5.82 Å². The minimum Gasteiger partial charge on any atom is -0.378 e. The Kier molecular flexibility index (Phi) is 3.59. The SMILES string of the molecule is O=[N+]([O-])c1ccc(-c2nc(C3COCCN3)no2)c(F)c1. The summed E-state index contributed by atoms with van der Waals surface area (Å²) in [5.41, 5.74) is -0.311. The summed E-state index contributed by atoms with van der Waals surface area (Å²) in [5, 5.41) is 17.5. The number of hydrogen-bond donors (Lipinski definition) is 1. The highest BCUT2D eigenvalue weighted by molar-refractivity contribution is 5.56. The van der Waals surface area contributed by atoms with Gasteiger partial charge in [-0.15, -0.1) is 0 Å². The highest BCUT2D eigenvalue weighted by Gasteiger charge is 2.23. The van der Waals surface area contributed by atoms with Crippen LogP contribution in [0.3, 0.4) is 0 Å². The molecule has 1 aliphatic rings. The molecule has 1 aliphatic heterocycles. The third-order valence-electron chi connectivity index (χ3n) is 3.07. The van der Waals surface area contributed by atoms with Crippen LogP contribution in [0, 0.1) is 15.9 Å². The van der Waals surface area contributed by atoms with E-state index in [1.165, 1.54) is 12.1 Å². The summed E-state index contributed by atoms with van der Waals surface area (Å²) >= 11 is 0. The van der Waals surface area contributed by atoms with E-state index < -0.39 is 10.7 Å². The maximum atomic E-state index is 13.9. The normalized spacial score (nSPS) is 18.6. The molecule has 1 aromatic heterocycles. The molecule has 1 aromatic carbocycles. The van der Waals surface area contributed by atoms with Crippen molar-refractivity contribution < 1.29 is 18.6 Å². The average Bonchev–Trinajstić information content (AvgIpc) is 2.97. The lowest BCUT2D eigenvalue weighted by atomic mass is 10.2. The topological polar surface area (TPSA) is 103 Å². The molecule has 0 aliphatic carbocycles. The van der Waals surface area contributed by atoms with Crippen LogP contribution >= 0.6 is 0 Å². The van der Waals surface area contributed by atoms with Gasteiger partial charge in [0.05, 0.1) is 35.8 Å². The second-order valence-electron chi connectivity index (χ2n) is 4.46. The minimum atomic E-state index is -0.785. The zero-order valence-corrected chi connectivity index (χ0v) is 10.8. The number of nitrogens with one attached hydrogen (secondary N) is 1. The first-order valence-corrected chi connectivity index (χ1v) is 6.24. The Morgan fingerprint density at radius 2 is 2.33 bits per heavy atom. The Hall–Kier alpha value is -2.39. The largest absolute Gasteiger partial charge is 0.378 e. The van der Waals surface area contributed by atoms with E-state index in [2.05, 4.69) is 15.5 Å². The van der Waals surface area contributed by atoms with Gasteiger partial charge < -0.3 is 14.6 Å². The molecular formula is C12H11FN4O4. The van der Waals surface area contributed by atoms with Gasteiger partial charge in [-0.05, 0) is 6.07 Å². The van der Waals surface area contributed by atoms with Gasteiger partial charge in [0.25, 0.3) is 11.6 Å². The number of nitro benzene ring substituents is 1. The highest BCUT2D eigenvalue weighted by Crippen LogP contribution is 2.26. The molecule has 1 fully saturated rings. The van der Waals surface area contributed by atoms with Crippen molar-refractivity contribution >= 4 is 5.69 Å². The molecular weight excluding hydrogens is 283 g/mol. The van der Waals surface area contributed by atoms with Crippen LogP contribution in [0.4, 0.5) is 10.1 Å². The Bertz CT molecular complexity index is 669. The van der Waals surface area contributed by atoms with Crippen LogP contribution in [0.15, 0.2) is 22.7 Å². The lowest BCUT2D eigenvalue weighted by molar-refractivity contribution is -0.385. The van der Waals surface area contributed by atoms with Crippen LogP contribution in [0.5, 0.6) is 0 Å². The number of aromatic nitrogens is 2. The van der Waals surface area contributed by atoms with Crippen molar-refractivity contribution in [3.63, 3.8) is 0 Å². The Balaban J connectivity index is 1.87. The predicted octanol–water partition coefficient (Wildman–Crippen LogP) is 1.44. The second kappa shape index (κ2) is 5.54. The molecule has 110 valence electrons. The molecule has 21 heavy (non-hydrogen) atoms. The van der Waals surface area contributed by atoms with Gasteiger partial charge in [-0.1, -0.05) is 5.16 Å². The summed E-state index contributed by atoms with van der Waals surface area (Å²) in [5.74, 6) is -0.445. The Morgan fingerprint density at radius 1 is 1.48 bits per heavy atom. The molecule has 0 saturated carbocycles. The van der Waals surface area contributed by atoms with Crippen LogP contribution in [0.2, 0.25) is 0 Å². The molecule has 2 aromatic rings. The first-order valence-electron chi connectivity index (χ1n) is 6.24. The number of rotatable bonds is 3. The standard InChI is InChI=1S/C12H11FN4O4/c13-9-5-7(17(18)19)1-2-8(9)12-15-11(16-21-12)10-6-20-4-3-14-10/h1-2,5,10,14H,3-4,6H2. The van der Waals surface area contributed by atoms with Crippen LogP contribution in [0.1, 0.15) is 11.9 Å². The fraction of sp³-hybridized carbons (Fsp3) is 0.333. The molecule has 9 heteroatoms. The molecule has 0 bridgehead atoms. The first-order chi connectivity index (χ1) is 10.1. The molecule has 0 spiro atoms. The zero-order chi connectivity index (χ0) is 14.8. The van der Waals surface area contributed by atoms with Gasteiger partial charge in [0.2, 0.25) is 0 Å². The molecule has 1 atom stereocenters. The van der Waals surface area contributed by atoms with E-state index in [9.17, 15) is 14.5 Å². The summed E-state index contributed by atoms with van der Waals surface area (Å²) in [4.78, 5) is 14.0. The van der Waals surface area contributed by atoms with Crippen molar-refractivity contribution in [1.82, 2.24) is 15.5 Å². The number of hydrogen-bond acceptors (Lipinski definition) is 7. The Labute approximate surface area is 118 Å². The molecule has 2 heterocycles. The monoisotopic (exact) mass is 294 g/mol. The number of non-ortho nitro benzene ring substituents is 1. The average molecular weight is 294 g/mol. The number of nitro groups is 1. The van der Waals surface area contributed by atoms with Gasteiger partial charge in [0, 0.05) is 12.6 Å². The van der Waals surface area contributed by atoms with Crippen molar-refractivity contribution in [1.29, 1.82) is 0 Å². The van der Waals surface area contributed by atoms with Crippen LogP contribution < -0.4 is 5.32 Å². The van der Waals surface area contributed by atoms with Crippen molar-refractivity contribution in [3.05, 3.63) is 40.0 Å². The summed E-state index contributed by atoms with van der Waals surface area (Å²) in [7, 11) is 0. The van der Waals surface area contributed by atoms with Crippen molar-refractivity contribution in [2.45, 2.75) is 6.04 Å². The van der Waals surface area contributed by atoms with E-state index in [1.54, 1.807) is 0 Å². The van der Waals surface area contributed by atoms with Gasteiger partial charge >= 0.3 is 0 Å². The fourth-order valence-electron chi connectivity index (χ4n) is 2.01.